The molecule has 0 aromatic carbocycles. The average Bonchev–Trinajstić information content (AvgIpc) is 2.67. The largest absolute Gasteiger partial charge is 0.375 e. The predicted molar refractivity (Wildman–Crippen MR) is 118 cm³/mol. The fourth-order valence-electron chi connectivity index (χ4n) is 3.88. The lowest BCUT2D eigenvalue weighted by Gasteiger charge is -2.32. The second-order valence-electron chi connectivity index (χ2n) is 7.70. The van der Waals surface area contributed by atoms with Gasteiger partial charge in [0.2, 0.25) is 5.91 Å². The number of piperidine rings is 1. The van der Waals surface area contributed by atoms with Crippen LogP contribution in [0.25, 0.3) is 0 Å². The molecule has 1 aromatic heterocycles. The first-order valence-corrected chi connectivity index (χ1v) is 9.90. The molecule has 28 heavy (non-hydrogen) atoms. The monoisotopic (exact) mass is 432 g/mol. The standard InChI is InChI=1S/C20H32N4O2.2ClH/c1-15(18-5-7-21-8-6-18)11-20(25)23-13-17-3-4-19(22-12-17)24-9-10-26-16(2)14-24;;/h3-4,12,15-16,18,21H,5-11,13-14H2,1-2H3,(H,23,25);2*1H. The zero-order valence-corrected chi connectivity index (χ0v) is 18.5. The molecule has 0 spiro atoms. The summed E-state index contributed by atoms with van der Waals surface area (Å²) < 4.78 is 5.57. The molecule has 2 unspecified atom stereocenters. The van der Waals surface area contributed by atoms with Crippen molar-refractivity contribution in [3.8, 4) is 0 Å². The molecule has 3 rings (SSSR count). The summed E-state index contributed by atoms with van der Waals surface area (Å²) in [4.78, 5) is 19.1. The van der Waals surface area contributed by atoms with Crippen LogP contribution in [0.15, 0.2) is 18.3 Å². The molecule has 2 saturated heterocycles. The summed E-state index contributed by atoms with van der Waals surface area (Å²) >= 11 is 0. The number of nitrogens with one attached hydrogen (secondary N) is 2. The van der Waals surface area contributed by atoms with Gasteiger partial charge in [-0.2, -0.15) is 0 Å². The van der Waals surface area contributed by atoms with E-state index in [-0.39, 0.29) is 36.8 Å². The summed E-state index contributed by atoms with van der Waals surface area (Å²) in [5.41, 5.74) is 1.04. The van der Waals surface area contributed by atoms with E-state index in [0.29, 0.717) is 24.8 Å². The number of ether oxygens (including phenoxy) is 1. The molecule has 1 amide bonds. The van der Waals surface area contributed by atoms with Crippen LogP contribution in [0.2, 0.25) is 0 Å². The maximum atomic E-state index is 12.3. The zero-order chi connectivity index (χ0) is 18.4. The molecule has 0 aliphatic carbocycles. The molecule has 3 heterocycles. The molecular weight excluding hydrogens is 399 g/mol. The lowest BCUT2D eigenvalue weighted by molar-refractivity contribution is -0.122. The van der Waals surface area contributed by atoms with Crippen LogP contribution in [0.3, 0.4) is 0 Å². The Morgan fingerprint density at radius 2 is 2.11 bits per heavy atom. The van der Waals surface area contributed by atoms with Crippen LogP contribution >= 0.6 is 24.8 Å². The predicted octanol–water partition coefficient (Wildman–Crippen LogP) is 2.79. The van der Waals surface area contributed by atoms with Crippen LogP contribution in [-0.2, 0) is 16.1 Å². The van der Waals surface area contributed by atoms with Crippen molar-refractivity contribution in [2.24, 2.45) is 11.8 Å². The third kappa shape index (κ3) is 7.39. The van der Waals surface area contributed by atoms with Crippen LogP contribution in [0.1, 0.15) is 38.7 Å². The number of hydrogen-bond acceptors (Lipinski definition) is 5. The number of hydrogen-bond donors (Lipinski definition) is 2. The van der Waals surface area contributed by atoms with Gasteiger partial charge in [-0.05, 0) is 56.3 Å². The first-order chi connectivity index (χ1) is 12.6. The zero-order valence-electron chi connectivity index (χ0n) is 16.9. The maximum absolute atomic E-state index is 12.3. The summed E-state index contributed by atoms with van der Waals surface area (Å²) in [6.45, 7) is 9.49. The lowest BCUT2D eigenvalue weighted by atomic mass is 9.84. The van der Waals surface area contributed by atoms with Gasteiger partial charge in [0.05, 0.1) is 12.7 Å². The summed E-state index contributed by atoms with van der Waals surface area (Å²) in [7, 11) is 0. The first kappa shape index (κ1) is 25.0. The molecule has 2 aliphatic heterocycles. The second-order valence-corrected chi connectivity index (χ2v) is 7.70. The molecule has 0 saturated carbocycles. The smallest absolute Gasteiger partial charge is 0.220 e. The molecule has 2 aliphatic rings. The summed E-state index contributed by atoms with van der Waals surface area (Å²) in [6.07, 6.45) is 5.08. The van der Waals surface area contributed by atoms with Crippen molar-refractivity contribution in [3.63, 3.8) is 0 Å². The number of morpholine rings is 1. The molecule has 2 N–H and O–H groups in total. The number of aromatic nitrogens is 1. The Morgan fingerprint density at radius 3 is 2.75 bits per heavy atom. The molecule has 2 atom stereocenters. The van der Waals surface area contributed by atoms with E-state index in [0.717, 1.165) is 44.2 Å². The minimum Gasteiger partial charge on any atom is -0.375 e. The maximum Gasteiger partial charge on any atom is 0.220 e. The molecule has 8 heteroatoms. The Morgan fingerprint density at radius 1 is 1.36 bits per heavy atom. The third-order valence-corrected chi connectivity index (χ3v) is 5.56. The minimum absolute atomic E-state index is 0. The van der Waals surface area contributed by atoms with E-state index in [9.17, 15) is 4.79 Å². The van der Waals surface area contributed by atoms with E-state index in [1.807, 2.05) is 12.3 Å². The van der Waals surface area contributed by atoms with Gasteiger partial charge in [0.25, 0.3) is 0 Å². The third-order valence-electron chi connectivity index (χ3n) is 5.56. The highest BCUT2D eigenvalue weighted by molar-refractivity contribution is 5.85. The van der Waals surface area contributed by atoms with Gasteiger partial charge in [-0.1, -0.05) is 13.0 Å². The number of pyridine rings is 1. The Labute approximate surface area is 181 Å². The van der Waals surface area contributed by atoms with E-state index in [1.54, 1.807) is 0 Å². The van der Waals surface area contributed by atoms with Gasteiger partial charge in [0.1, 0.15) is 5.82 Å². The number of amides is 1. The van der Waals surface area contributed by atoms with E-state index in [2.05, 4.69) is 40.4 Å². The van der Waals surface area contributed by atoms with Crippen molar-refractivity contribution in [2.45, 2.75) is 45.8 Å². The first-order valence-electron chi connectivity index (χ1n) is 9.90. The van der Waals surface area contributed by atoms with E-state index in [4.69, 9.17) is 4.74 Å². The van der Waals surface area contributed by atoms with Gasteiger partial charge >= 0.3 is 0 Å². The summed E-state index contributed by atoms with van der Waals surface area (Å²) in [6, 6.07) is 4.09. The summed E-state index contributed by atoms with van der Waals surface area (Å²) in [5.74, 6) is 2.23. The van der Waals surface area contributed by atoms with Crippen molar-refractivity contribution < 1.29 is 9.53 Å². The Hall–Kier alpha value is -1.08. The molecule has 1 aromatic rings. The molecule has 2 fully saturated rings. The Kier molecular flexibility index (Phi) is 11.1. The highest BCUT2D eigenvalue weighted by atomic mass is 35.5. The fraction of sp³-hybridized carbons (Fsp3) is 0.700. The lowest BCUT2D eigenvalue weighted by Crippen LogP contribution is -2.41. The molecule has 0 bridgehead atoms. The Bertz CT molecular complexity index is 582. The van der Waals surface area contributed by atoms with Crippen molar-refractivity contribution in [3.05, 3.63) is 23.9 Å². The molecule has 6 nitrogen and oxygen atoms in total. The highest BCUT2D eigenvalue weighted by Crippen LogP contribution is 2.24. The number of carbonyl (C=O) groups excluding carboxylic acids is 1. The topological polar surface area (TPSA) is 66.5 Å². The SMILES string of the molecule is CC1CN(c2ccc(CNC(=O)CC(C)C3CCNCC3)cn2)CCO1.Cl.Cl. The quantitative estimate of drug-likeness (QED) is 0.723. The number of halogens is 2. The van der Waals surface area contributed by atoms with Crippen molar-refractivity contribution in [2.75, 3.05) is 37.7 Å². The van der Waals surface area contributed by atoms with Gasteiger partial charge in [0, 0.05) is 32.3 Å². The summed E-state index contributed by atoms with van der Waals surface area (Å²) in [5, 5.41) is 6.43. The number of anilines is 1. The highest BCUT2D eigenvalue weighted by Gasteiger charge is 2.22. The van der Waals surface area contributed by atoms with E-state index < -0.39 is 0 Å². The molecule has 160 valence electrons. The van der Waals surface area contributed by atoms with Crippen LogP contribution in [0.4, 0.5) is 5.82 Å². The normalized spacial score (nSPS) is 21.2. The van der Waals surface area contributed by atoms with Crippen molar-refractivity contribution in [1.82, 2.24) is 15.6 Å². The minimum atomic E-state index is 0. The van der Waals surface area contributed by atoms with Gasteiger partial charge in [-0.15, -0.1) is 24.8 Å². The molecule has 0 radical (unpaired) electrons. The van der Waals surface area contributed by atoms with Crippen LogP contribution in [0, 0.1) is 11.8 Å². The van der Waals surface area contributed by atoms with Gasteiger partial charge in [0.15, 0.2) is 0 Å². The van der Waals surface area contributed by atoms with Crippen LogP contribution < -0.4 is 15.5 Å². The van der Waals surface area contributed by atoms with Crippen LogP contribution in [0.5, 0.6) is 0 Å². The van der Waals surface area contributed by atoms with E-state index >= 15 is 0 Å². The Balaban J connectivity index is 0.00000196. The second kappa shape index (κ2) is 12.5. The van der Waals surface area contributed by atoms with E-state index in [1.165, 1.54) is 12.8 Å². The van der Waals surface area contributed by atoms with Gasteiger partial charge in [-0.3, -0.25) is 4.79 Å². The fourth-order valence-corrected chi connectivity index (χ4v) is 3.88. The van der Waals surface area contributed by atoms with Gasteiger partial charge in [-0.25, -0.2) is 4.98 Å². The van der Waals surface area contributed by atoms with Crippen molar-refractivity contribution >= 4 is 36.5 Å². The van der Waals surface area contributed by atoms with Crippen molar-refractivity contribution in [1.29, 1.82) is 0 Å². The number of carbonyl (C=O) groups is 1. The van der Waals surface area contributed by atoms with Gasteiger partial charge < -0.3 is 20.3 Å². The number of nitrogens with zero attached hydrogens (tertiary/aromatic N) is 2. The average molecular weight is 433 g/mol. The van der Waals surface area contributed by atoms with Crippen LogP contribution in [-0.4, -0.2) is 49.8 Å². The number of rotatable bonds is 6. The molecular formula is C20H34Cl2N4O2.